The van der Waals surface area contributed by atoms with Gasteiger partial charge in [0.2, 0.25) is 0 Å². The van der Waals surface area contributed by atoms with Crippen LogP contribution in [0, 0.1) is 26.8 Å². The Hall–Kier alpha value is 0.501. The summed E-state index contributed by atoms with van der Waals surface area (Å²) >= 11 is 0. The molecule has 0 saturated heterocycles. The molecule has 0 fully saturated rings. The predicted octanol–water partition coefficient (Wildman–Crippen LogP) is -2.89. The molecule has 1 unspecified atom stereocenters. The molecule has 1 aliphatic carbocycles. The normalized spacial score (nSPS) is 14.4. The summed E-state index contributed by atoms with van der Waals surface area (Å²) in [7, 11) is -1.69. The van der Waals surface area contributed by atoms with Gasteiger partial charge in [0, 0.05) is 0 Å². The molecular formula is C22H33Cl3SiTi. The van der Waals surface area contributed by atoms with Crippen LogP contribution < -0.4 is 42.4 Å². The smallest absolute Gasteiger partial charge is 1.00 e. The van der Waals surface area contributed by atoms with E-state index in [2.05, 4.69) is 65.5 Å². The van der Waals surface area contributed by atoms with Crippen LogP contribution >= 0.6 is 0 Å². The van der Waals surface area contributed by atoms with Gasteiger partial charge in [-0.25, -0.2) is 10.8 Å². The predicted molar refractivity (Wildman–Crippen MR) is 106 cm³/mol. The van der Waals surface area contributed by atoms with E-state index in [9.17, 15) is 0 Å². The molecule has 1 aliphatic rings. The molecule has 0 bridgehead atoms. The van der Waals surface area contributed by atoms with Gasteiger partial charge >= 0.3 is 21.7 Å². The molecular weight excluding hydrogens is 447 g/mol. The van der Waals surface area contributed by atoms with Crippen molar-refractivity contribution in [3.05, 3.63) is 51.7 Å². The quantitative estimate of drug-likeness (QED) is 0.291. The Labute approximate surface area is 202 Å². The molecule has 5 heteroatoms. The summed E-state index contributed by atoms with van der Waals surface area (Å²) < 4.78 is 0. The SMILES string of the molecule is CCCC[Si](C)(C1=[C-]CC=C1CCC)c1c(C)cc(C)cc1C.[Cl-].[Cl-].[Cl-].[Ti+4]. The molecule has 0 nitrogen and oxygen atoms in total. The van der Waals surface area contributed by atoms with E-state index in [1.54, 1.807) is 16.0 Å². The van der Waals surface area contributed by atoms with Crippen molar-refractivity contribution in [3.8, 4) is 0 Å². The van der Waals surface area contributed by atoms with Crippen LogP contribution in [0.1, 0.15) is 62.6 Å². The minimum absolute atomic E-state index is 0. The topological polar surface area (TPSA) is 0 Å². The number of hydrogen-bond donors (Lipinski definition) is 0. The summed E-state index contributed by atoms with van der Waals surface area (Å²) in [5.41, 5.74) is 6.01. The van der Waals surface area contributed by atoms with Crippen LogP contribution in [0.2, 0.25) is 12.6 Å². The van der Waals surface area contributed by atoms with E-state index < -0.39 is 8.07 Å². The molecule has 0 amide bonds. The third-order valence-electron chi connectivity index (χ3n) is 5.28. The van der Waals surface area contributed by atoms with Gasteiger partial charge in [-0.05, 0) is 20.8 Å². The van der Waals surface area contributed by atoms with Crippen LogP contribution in [0.25, 0.3) is 0 Å². The van der Waals surface area contributed by atoms with Crippen LogP contribution in [0.5, 0.6) is 0 Å². The van der Waals surface area contributed by atoms with Gasteiger partial charge in [-0.2, -0.15) is 6.08 Å². The van der Waals surface area contributed by atoms with Gasteiger partial charge < -0.3 is 37.2 Å². The van der Waals surface area contributed by atoms with E-state index in [0.29, 0.717) is 0 Å². The van der Waals surface area contributed by atoms with Crippen molar-refractivity contribution in [2.24, 2.45) is 0 Å². The Morgan fingerprint density at radius 3 is 2.00 bits per heavy atom. The molecule has 27 heavy (non-hydrogen) atoms. The minimum Gasteiger partial charge on any atom is -1.00 e. The summed E-state index contributed by atoms with van der Waals surface area (Å²) in [6.07, 6.45) is 12.3. The van der Waals surface area contributed by atoms with Crippen molar-refractivity contribution in [2.45, 2.75) is 79.3 Å². The van der Waals surface area contributed by atoms with Crippen molar-refractivity contribution in [1.29, 1.82) is 0 Å². The first-order chi connectivity index (χ1) is 10.9. The van der Waals surface area contributed by atoms with Crippen LogP contribution in [-0.2, 0) is 21.7 Å². The summed E-state index contributed by atoms with van der Waals surface area (Å²) in [5.74, 6) is 0. The molecule has 0 saturated carbocycles. The summed E-state index contributed by atoms with van der Waals surface area (Å²) in [6, 6.07) is 6.13. The fourth-order valence-electron chi connectivity index (χ4n) is 4.49. The zero-order valence-electron chi connectivity index (χ0n) is 17.6. The average Bonchev–Trinajstić information content (AvgIpc) is 2.93. The van der Waals surface area contributed by atoms with Crippen molar-refractivity contribution in [2.75, 3.05) is 0 Å². The first-order valence-corrected chi connectivity index (χ1v) is 12.0. The Morgan fingerprint density at radius 2 is 1.52 bits per heavy atom. The molecule has 2 rings (SSSR count). The Bertz CT molecular complexity index is 617. The Morgan fingerprint density at radius 1 is 0.963 bits per heavy atom. The van der Waals surface area contributed by atoms with E-state index in [-0.39, 0.29) is 58.9 Å². The second-order valence-electron chi connectivity index (χ2n) is 7.44. The molecule has 150 valence electrons. The third kappa shape index (κ3) is 7.36. The number of hydrogen-bond acceptors (Lipinski definition) is 0. The van der Waals surface area contributed by atoms with Gasteiger partial charge in [-0.3, -0.25) is 6.08 Å². The Kier molecular flexibility index (Phi) is 17.3. The van der Waals surface area contributed by atoms with E-state index in [4.69, 9.17) is 0 Å². The molecule has 1 aromatic rings. The van der Waals surface area contributed by atoms with E-state index in [1.165, 1.54) is 48.4 Å². The largest absolute Gasteiger partial charge is 4.00 e. The third-order valence-corrected chi connectivity index (χ3v) is 10.1. The van der Waals surface area contributed by atoms with Crippen LogP contribution in [0.15, 0.2) is 29.0 Å². The van der Waals surface area contributed by atoms with Crippen LogP contribution in [-0.4, -0.2) is 8.07 Å². The number of unbranched alkanes of at least 4 members (excludes halogenated alkanes) is 1. The molecule has 1 atom stereocenters. The van der Waals surface area contributed by atoms with Crippen molar-refractivity contribution >= 4 is 13.3 Å². The fraction of sp³-hybridized carbons (Fsp3) is 0.545. The maximum absolute atomic E-state index is 3.79. The number of aryl methyl sites for hydroxylation is 3. The number of rotatable bonds is 7. The standard InChI is InChI=1S/C22H33Si.3ClH.Ti/c1-7-9-14-23(6,21-13-10-12-20(21)11-8-2)22-18(4)15-17(3)16-19(22)5;;;;/h12,15-16H,7-11,14H2,1-6H3;3*1H;/q-1;;;;+4/p-3. The van der Waals surface area contributed by atoms with Crippen molar-refractivity contribution in [3.63, 3.8) is 0 Å². The molecule has 0 radical (unpaired) electrons. The molecule has 0 spiro atoms. The van der Waals surface area contributed by atoms with Gasteiger partial charge in [0.15, 0.2) is 0 Å². The second-order valence-corrected chi connectivity index (χ2v) is 11.6. The zero-order chi connectivity index (χ0) is 17.0. The second kappa shape index (κ2) is 14.5. The Balaban J connectivity index is -0.00000144. The van der Waals surface area contributed by atoms with Gasteiger partial charge in [0.05, 0.1) is 8.07 Å². The molecule has 1 aromatic carbocycles. The number of halogens is 3. The first kappa shape index (κ1) is 32.2. The monoisotopic (exact) mass is 478 g/mol. The van der Waals surface area contributed by atoms with Gasteiger partial charge in [-0.15, -0.1) is 6.42 Å². The van der Waals surface area contributed by atoms with Gasteiger partial charge in [0.25, 0.3) is 0 Å². The minimum atomic E-state index is -1.69. The fourth-order valence-corrected chi connectivity index (χ4v) is 9.62. The van der Waals surface area contributed by atoms with Crippen LogP contribution in [0.4, 0.5) is 0 Å². The number of allylic oxidation sites excluding steroid dienone is 4. The summed E-state index contributed by atoms with van der Waals surface area (Å²) in [5, 5.41) is 3.31. The van der Waals surface area contributed by atoms with Crippen molar-refractivity contribution < 1.29 is 58.9 Å². The van der Waals surface area contributed by atoms with E-state index >= 15 is 0 Å². The average molecular weight is 480 g/mol. The zero-order valence-corrected chi connectivity index (χ0v) is 22.4. The van der Waals surface area contributed by atoms with E-state index in [1.807, 2.05) is 0 Å². The first-order valence-electron chi connectivity index (χ1n) is 9.33. The molecule has 0 N–H and O–H groups in total. The summed E-state index contributed by atoms with van der Waals surface area (Å²) in [6.45, 7) is 14.1. The number of benzene rings is 1. The molecule has 0 aliphatic heterocycles. The summed E-state index contributed by atoms with van der Waals surface area (Å²) in [4.78, 5) is 0. The van der Waals surface area contributed by atoms with Gasteiger partial charge in [-0.1, -0.05) is 86.1 Å². The van der Waals surface area contributed by atoms with Crippen molar-refractivity contribution in [1.82, 2.24) is 0 Å². The van der Waals surface area contributed by atoms with E-state index in [0.717, 1.165) is 6.42 Å². The molecule has 0 aromatic heterocycles. The van der Waals surface area contributed by atoms with Gasteiger partial charge in [0.1, 0.15) is 0 Å². The molecule has 0 heterocycles. The maximum Gasteiger partial charge on any atom is 4.00 e. The van der Waals surface area contributed by atoms with Crippen LogP contribution in [0.3, 0.4) is 0 Å². The maximum atomic E-state index is 3.79.